The SMILES string of the molecule is CN1CCN(C(CCNC(=O)c2ccccc2O)C2=c3ccc4c5c([nH]c(=O)c-5c3N(C)C=C2)=CCN4c2ccc(F)cc2)CC1. The van der Waals surface area contributed by atoms with E-state index < -0.39 is 0 Å². The number of H-pyrrole nitrogens is 1. The molecule has 2 aromatic carbocycles. The summed E-state index contributed by atoms with van der Waals surface area (Å²) in [5.74, 6) is -0.663. The second kappa shape index (κ2) is 12.1. The van der Waals surface area contributed by atoms with Crippen LogP contribution in [-0.2, 0) is 0 Å². The molecule has 1 fully saturated rings. The van der Waals surface area contributed by atoms with E-state index in [0.717, 1.165) is 64.9 Å². The first-order chi connectivity index (χ1) is 22.3. The number of aromatic nitrogens is 1. The maximum Gasteiger partial charge on any atom is 0.258 e. The maximum absolute atomic E-state index is 13.8. The van der Waals surface area contributed by atoms with E-state index in [1.165, 1.54) is 18.2 Å². The number of halogens is 1. The highest BCUT2D eigenvalue weighted by molar-refractivity contribution is 5.97. The van der Waals surface area contributed by atoms with Crippen LogP contribution in [0.2, 0.25) is 0 Å². The Balaban J connectivity index is 1.34. The van der Waals surface area contributed by atoms with Crippen molar-refractivity contribution in [3.05, 3.63) is 105 Å². The molecule has 1 unspecified atom stereocenters. The molecule has 236 valence electrons. The number of anilines is 3. The molecule has 4 heterocycles. The fourth-order valence-electron chi connectivity index (χ4n) is 6.97. The van der Waals surface area contributed by atoms with Crippen LogP contribution in [0.3, 0.4) is 0 Å². The van der Waals surface area contributed by atoms with Crippen LogP contribution in [0.1, 0.15) is 16.8 Å². The number of aromatic amines is 1. The molecule has 3 N–H and O–H groups in total. The van der Waals surface area contributed by atoms with Gasteiger partial charge in [0.05, 0.1) is 22.5 Å². The van der Waals surface area contributed by atoms with E-state index in [0.29, 0.717) is 25.1 Å². The summed E-state index contributed by atoms with van der Waals surface area (Å²) in [6.45, 7) is 4.52. The summed E-state index contributed by atoms with van der Waals surface area (Å²) in [6.07, 6.45) is 6.79. The molecule has 0 saturated carbocycles. The number of hydrogen-bond donors (Lipinski definition) is 3. The third-order valence-electron chi connectivity index (χ3n) is 9.39. The second-order valence-corrected chi connectivity index (χ2v) is 12.2. The Morgan fingerprint density at radius 1 is 1.00 bits per heavy atom. The molecule has 1 amide bonds. The van der Waals surface area contributed by atoms with Gasteiger partial charge in [-0.05, 0) is 73.7 Å². The number of phenolic OH excluding ortho intramolecular Hbond substituents is 1. The van der Waals surface area contributed by atoms with Gasteiger partial charge in [0.1, 0.15) is 11.6 Å². The van der Waals surface area contributed by atoms with Crippen molar-refractivity contribution in [3.8, 4) is 16.9 Å². The highest BCUT2D eigenvalue weighted by Gasteiger charge is 2.31. The number of benzene rings is 2. The predicted octanol–water partition coefficient (Wildman–Crippen LogP) is 2.81. The Bertz CT molecular complexity index is 1980. The average Bonchev–Trinajstić information content (AvgIpc) is 3.26. The minimum absolute atomic E-state index is 0.0404. The number of nitrogens with zero attached hydrogens (tertiary/aromatic N) is 4. The summed E-state index contributed by atoms with van der Waals surface area (Å²) in [5, 5.41) is 15.0. The van der Waals surface area contributed by atoms with E-state index in [2.05, 4.69) is 50.3 Å². The summed E-state index contributed by atoms with van der Waals surface area (Å²) in [6, 6.07) is 17.1. The molecule has 1 aliphatic carbocycles. The van der Waals surface area contributed by atoms with Crippen molar-refractivity contribution in [1.29, 1.82) is 0 Å². The first kappa shape index (κ1) is 29.8. The summed E-state index contributed by atoms with van der Waals surface area (Å²) >= 11 is 0. The van der Waals surface area contributed by atoms with Crippen molar-refractivity contribution >= 4 is 34.6 Å². The molecule has 7 rings (SSSR count). The van der Waals surface area contributed by atoms with Crippen molar-refractivity contribution in [1.82, 2.24) is 20.1 Å². The molecule has 2 aromatic rings. The van der Waals surface area contributed by atoms with Gasteiger partial charge in [-0.2, -0.15) is 0 Å². The number of phenols is 1. The van der Waals surface area contributed by atoms with Gasteiger partial charge < -0.3 is 30.1 Å². The molecule has 0 aromatic heterocycles. The van der Waals surface area contributed by atoms with Crippen molar-refractivity contribution in [2.75, 3.05) is 63.2 Å². The minimum atomic E-state index is -0.316. The Kier molecular flexibility index (Phi) is 7.84. The number of piperazine rings is 1. The topological polar surface area (TPSA) is 95.1 Å². The molecular weight excluding hydrogens is 583 g/mol. The van der Waals surface area contributed by atoms with Gasteiger partial charge in [-0.25, -0.2) is 4.39 Å². The number of para-hydroxylation sites is 1. The minimum Gasteiger partial charge on any atom is -0.507 e. The van der Waals surface area contributed by atoms with Gasteiger partial charge in [-0.3, -0.25) is 14.5 Å². The van der Waals surface area contributed by atoms with Gasteiger partial charge >= 0.3 is 0 Å². The zero-order valence-corrected chi connectivity index (χ0v) is 26.0. The molecular formula is C36H37FN6O3. The van der Waals surface area contributed by atoms with Crippen LogP contribution < -0.4 is 31.2 Å². The fourth-order valence-corrected chi connectivity index (χ4v) is 6.97. The van der Waals surface area contributed by atoms with Crippen molar-refractivity contribution < 1.29 is 14.3 Å². The maximum atomic E-state index is 13.8. The Morgan fingerprint density at radius 2 is 1.76 bits per heavy atom. The third-order valence-corrected chi connectivity index (χ3v) is 9.39. The number of carbonyl (C=O) groups excluding carboxylic acids is 1. The summed E-state index contributed by atoms with van der Waals surface area (Å²) < 4.78 is 13.8. The standard InChI is InChI=1S/C36H37FN6O3/c1-40-19-21-42(22-20-40)29(13-16-38-35(45)27-5-3-4-6-31(27)44)25-14-17-41(2)34-26(25)11-12-30-32-28(39-36(46)33(32)34)15-18-43(30)24-9-7-23(37)8-10-24/h3-12,14-15,17,29,44H,13,16,18-22H2,1-2H3,(H,38,45)(H,39,46). The van der Waals surface area contributed by atoms with Crippen LogP contribution in [0, 0.1) is 5.82 Å². The first-order valence-electron chi connectivity index (χ1n) is 15.7. The highest BCUT2D eigenvalue weighted by atomic mass is 19.1. The lowest BCUT2D eigenvalue weighted by atomic mass is 9.94. The Labute approximate surface area is 266 Å². The normalized spacial score (nSPS) is 17.2. The Morgan fingerprint density at radius 3 is 2.52 bits per heavy atom. The fraction of sp³-hybridized carbons (Fsp3) is 0.278. The lowest BCUT2D eigenvalue weighted by molar-refractivity contribution is 0.0941. The van der Waals surface area contributed by atoms with Gasteiger partial charge in [0, 0.05) is 80.4 Å². The van der Waals surface area contributed by atoms with Crippen molar-refractivity contribution in [2.45, 2.75) is 12.5 Å². The molecule has 0 bridgehead atoms. The first-order valence-corrected chi connectivity index (χ1v) is 15.7. The zero-order chi connectivity index (χ0) is 31.9. The molecule has 9 nitrogen and oxygen atoms in total. The lowest BCUT2D eigenvalue weighted by Gasteiger charge is -2.39. The van der Waals surface area contributed by atoms with Crippen LogP contribution in [0.5, 0.6) is 5.75 Å². The predicted molar refractivity (Wildman–Crippen MR) is 180 cm³/mol. The monoisotopic (exact) mass is 620 g/mol. The second-order valence-electron chi connectivity index (χ2n) is 12.2. The van der Waals surface area contributed by atoms with E-state index in [9.17, 15) is 19.1 Å². The van der Waals surface area contributed by atoms with Crippen LogP contribution in [-0.4, -0.2) is 85.2 Å². The Hall–Kier alpha value is -4.93. The summed E-state index contributed by atoms with van der Waals surface area (Å²) in [7, 11) is 4.09. The van der Waals surface area contributed by atoms with E-state index in [1.807, 2.05) is 24.2 Å². The van der Waals surface area contributed by atoms with Crippen molar-refractivity contribution in [2.24, 2.45) is 0 Å². The summed E-state index contributed by atoms with van der Waals surface area (Å²) in [5.41, 5.74) is 5.19. The number of rotatable bonds is 7. The average molecular weight is 621 g/mol. The molecule has 5 aliphatic rings. The van der Waals surface area contributed by atoms with Crippen molar-refractivity contribution in [3.63, 3.8) is 0 Å². The van der Waals surface area contributed by atoms with E-state index in [-0.39, 0.29) is 34.6 Å². The lowest BCUT2D eigenvalue weighted by Crippen LogP contribution is -2.51. The van der Waals surface area contributed by atoms with Crippen LogP contribution in [0.4, 0.5) is 21.5 Å². The quantitative estimate of drug-likeness (QED) is 0.293. The number of carbonyl (C=O) groups is 1. The van der Waals surface area contributed by atoms with Gasteiger partial charge in [0.25, 0.3) is 11.5 Å². The van der Waals surface area contributed by atoms with Crippen LogP contribution in [0.25, 0.3) is 22.8 Å². The molecule has 46 heavy (non-hydrogen) atoms. The molecule has 4 aliphatic heterocycles. The van der Waals surface area contributed by atoms with E-state index in [1.54, 1.807) is 30.3 Å². The molecule has 1 atom stereocenters. The number of hydrogen-bond acceptors (Lipinski definition) is 7. The number of amides is 1. The van der Waals surface area contributed by atoms with Gasteiger partial charge in [0.15, 0.2) is 0 Å². The number of aromatic hydroxyl groups is 1. The number of nitrogens with one attached hydrogen (secondary N) is 2. The summed E-state index contributed by atoms with van der Waals surface area (Å²) in [4.78, 5) is 38.7. The van der Waals surface area contributed by atoms with Gasteiger partial charge in [0.2, 0.25) is 0 Å². The van der Waals surface area contributed by atoms with E-state index >= 15 is 0 Å². The smallest absolute Gasteiger partial charge is 0.258 e. The number of fused-ring (bicyclic) bond motifs is 2. The number of likely N-dealkylation sites (N-methyl/N-ethyl adjacent to an activating group) is 1. The molecule has 0 radical (unpaired) electrons. The van der Waals surface area contributed by atoms with Gasteiger partial charge in [-0.1, -0.05) is 18.2 Å². The molecule has 10 heteroatoms. The van der Waals surface area contributed by atoms with Crippen LogP contribution >= 0.6 is 0 Å². The van der Waals surface area contributed by atoms with Gasteiger partial charge in [-0.15, -0.1) is 0 Å². The molecule has 1 saturated heterocycles. The van der Waals surface area contributed by atoms with E-state index in [4.69, 9.17) is 0 Å². The largest absolute Gasteiger partial charge is 0.507 e. The third kappa shape index (κ3) is 5.33. The molecule has 0 spiro atoms. The highest BCUT2D eigenvalue weighted by Crippen LogP contribution is 2.38. The van der Waals surface area contributed by atoms with Crippen LogP contribution in [0.15, 0.2) is 77.7 Å². The zero-order valence-electron chi connectivity index (χ0n) is 26.0.